The molecule has 1 fully saturated rings. The largest absolute Gasteiger partial charge is 0.490 e. The van der Waals surface area contributed by atoms with E-state index in [4.69, 9.17) is 4.74 Å². The molecule has 2 aromatic rings. The number of benzene rings is 1. The molecule has 0 N–H and O–H groups in total. The minimum Gasteiger partial charge on any atom is -0.490 e. The summed E-state index contributed by atoms with van der Waals surface area (Å²) in [6.45, 7) is 5.66. The van der Waals surface area contributed by atoms with E-state index < -0.39 is 0 Å². The summed E-state index contributed by atoms with van der Waals surface area (Å²) in [5.41, 5.74) is 1.01. The normalized spacial score (nSPS) is 17.7. The fourth-order valence-electron chi connectivity index (χ4n) is 2.66. The molecule has 100 valence electrons. The topological polar surface area (TPSA) is 25.4 Å². The summed E-state index contributed by atoms with van der Waals surface area (Å²) in [7, 11) is 0. The minimum absolute atomic E-state index is 0.351. The van der Waals surface area contributed by atoms with Crippen molar-refractivity contribution < 1.29 is 4.74 Å². The van der Waals surface area contributed by atoms with Crippen molar-refractivity contribution in [3.63, 3.8) is 0 Å². The molecule has 0 spiro atoms. The number of hydrogen-bond donors (Lipinski definition) is 0. The number of nitrogens with zero attached hydrogens (tertiary/aromatic N) is 2. The highest BCUT2D eigenvalue weighted by atomic mass is 16.5. The summed E-state index contributed by atoms with van der Waals surface area (Å²) < 4.78 is 6.09. The fourth-order valence-corrected chi connectivity index (χ4v) is 2.66. The molecule has 19 heavy (non-hydrogen) atoms. The van der Waals surface area contributed by atoms with Gasteiger partial charge in [0.1, 0.15) is 11.9 Å². The Morgan fingerprint density at radius 1 is 1.26 bits per heavy atom. The number of piperidine rings is 1. The Kier molecular flexibility index (Phi) is 3.65. The molecule has 0 radical (unpaired) electrons. The lowest BCUT2D eigenvalue weighted by Crippen LogP contribution is -2.37. The van der Waals surface area contributed by atoms with Crippen LogP contribution in [0.15, 0.2) is 36.5 Å². The average Bonchev–Trinajstić information content (AvgIpc) is 2.48. The molecule has 1 aromatic heterocycles. The lowest BCUT2D eigenvalue weighted by Gasteiger charge is -2.31. The van der Waals surface area contributed by atoms with Gasteiger partial charge >= 0.3 is 0 Å². The SMILES string of the molecule is CCN1CCC(Oc2ccc3cccnc3c2)CC1. The van der Waals surface area contributed by atoms with Crippen molar-refractivity contribution in [2.75, 3.05) is 19.6 Å². The van der Waals surface area contributed by atoms with Crippen LogP contribution in [0.4, 0.5) is 0 Å². The molecule has 1 saturated heterocycles. The molecule has 0 bridgehead atoms. The van der Waals surface area contributed by atoms with E-state index in [0.717, 1.165) is 49.1 Å². The van der Waals surface area contributed by atoms with Crippen LogP contribution >= 0.6 is 0 Å². The summed E-state index contributed by atoms with van der Waals surface area (Å²) in [4.78, 5) is 6.85. The predicted octanol–water partition coefficient (Wildman–Crippen LogP) is 3.10. The zero-order valence-electron chi connectivity index (χ0n) is 11.4. The molecule has 2 heterocycles. The van der Waals surface area contributed by atoms with E-state index in [1.807, 2.05) is 18.3 Å². The van der Waals surface area contributed by atoms with Gasteiger partial charge in [-0.1, -0.05) is 13.0 Å². The van der Waals surface area contributed by atoms with Crippen LogP contribution in [0.2, 0.25) is 0 Å². The van der Waals surface area contributed by atoms with Gasteiger partial charge in [-0.15, -0.1) is 0 Å². The molecular weight excluding hydrogens is 236 g/mol. The lowest BCUT2D eigenvalue weighted by atomic mass is 10.1. The van der Waals surface area contributed by atoms with E-state index in [2.05, 4.69) is 35.0 Å². The highest BCUT2D eigenvalue weighted by molar-refractivity contribution is 5.79. The molecule has 0 aliphatic carbocycles. The van der Waals surface area contributed by atoms with Gasteiger partial charge < -0.3 is 9.64 Å². The Bertz CT molecular complexity index is 547. The summed E-state index contributed by atoms with van der Waals surface area (Å²) in [6.07, 6.45) is 4.41. The van der Waals surface area contributed by atoms with Gasteiger partial charge in [0.2, 0.25) is 0 Å². The third-order valence-electron chi connectivity index (χ3n) is 3.86. The molecule has 1 aromatic carbocycles. The molecule has 3 nitrogen and oxygen atoms in total. The van der Waals surface area contributed by atoms with Crippen molar-refractivity contribution in [3.05, 3.63) is 36.5 Å². The van der Waals surface area contributed by atoms with Crippen molar-refractivity contribution in [3.8, 4) is 5.75 Å². The van der Waals surface area contributed by atoms with Crippen LogP contribution in [-0.4, -0.2) is 35.6 Å². The maximum Gasteiger partial charge on any atom is 0.121 e. The predicted molar refractivity (Wildman–Crippen MR) is 77.5 cm³/mol. The van der Waals surface area contributed by atoms with Crippen molar-refractivity contribution in [1.82, 2.24) is 9.88 Å². The number of aromatic nitrogens is 1. The van der Waals surface area contributed by atoms with Crippen LogP contribution in [0, 0.1) is 0 Å². The number of hydrogen-bond acceptors (Lipinski definition) is 3. The van der Waals surface area contributed by atoms with Crippen molar-refractivity contribution in [2.45, 2.75) is 25.9 Å². The quantitative estimate of drug-likeness (QED) is 0.843. The monoisotopic (exact) mass is 256 g/mol. The zero-order chi connectivity index (χ0) is 13.1. The smallest absolute Gasteiger partial charge is 0.121 e. The van der Waals surface area contributed by atoms with E-state index in [1.54, 1.807) is 0 Å². The molecule has 3 rings (SSSR count). The lowest BCUT2D eigenvalue weighted by molar-refractivity contribution is 0.104. The van der Waals surface area contributed by atoms with Crippen LogP contribution in [0.5, 0.6) is 5.75 Å². The molecule has 0 atom stereocenters. The van der Waals surface area contributed by atoms with Crippen LogP contribution in [-0.2, 0) is 0 Å². The van der Waals surface area contributed by atoms with Crippen LogP contribution in [0.3, 0.4) is 0 Å². The van der Waals surface area contributed by atoms with Gasteiger partial charge in [-0.25, -0.2) is 0 Å². The first-order valence-electron chi connectivity index (χ1n) is 7.09. The maximum atomic E-state index is 6.09. The highest BCUT2D eigenvalue weighted by Gasteiger charge is 2.19. The third kappa shape index (κ3) is 2.87. The third-order valence-corrected chi connectivity index (χ3v) is 3.86. The summed E-state index contributed by atoms with van der Waals surface area (Å²) in [6, 6.07) is 10.2. The number of fused-ring (bicyclic) bond motifs is 1. The van der Waals surface area contributed by atoms with Gasteiger partial charge in [0.05, 0.1) is 5.52 Å². The van der Waals surface area contributed by atoms with Gasteiger partial charge in [-0.2, -0.15) is 0 Å². The van der Waals surface area contributed by atoms with Crippen molar-refractivity contribution in [1.29, 1.82) is 0 Å². The molecule has 1 aliphatic rings. The van der Waals surface area contributed by atoms with Crippen molar-refractivity contribution >= 4 is 10.9 Å². The second-order valence-corrected chi connectivity index (χ2v) is 5.11. The van der Waals surface area contributed by atoms with E-state index in [1.165, 1.54) is 0 Å². The van der Waals surface area contributed by atoms with Crippen molar-refractivity contribution in [2.24, 2.45) is 0 Å². The average molecular weight is 256 g/mol. The van der Waals surface area contributed by atoms with Gasteiger partial charge in [0.25, 0.3) is 0 Å². The van der Waals surface area contributed by atoms with Crippen LogP contribution in [0.25, 0.3) is 10.9 Å². The summed E-state index contributed by atoms with van der Waals surface area (Å²) in [5.74, 6) is 0.946. The van der Waals surface area contributed by atoms with Crippen LogP contribution in [0.1, 0.15) is 19.8 Å². The summed E-state index contributed by atoms with van der Waals surface area (Å²) in [5, 5.41) is 1.16. The summed E-state index contributed by atoms with van der Waals surface area (Å²) >= 11 is 0. The Morgan fingerprint density at radius 2 is 2.11 bits per heavy atom. The Labute approximate surface area is 114 Å². The second-order valence-electron chi connectivity index (χ2n) is 5.11. The standard InChI is InChI=1S/C16H20N2O/c1-2-18-10-7-14(8-11-18)19-15-6-5-13-4-3-9-17-16(13)12-15/h3-6,9,12,14H,2,7-8,10-11H2,1H3. The van der Waals surface area contributed by atoms with E-state index in [9.17, 15) is 0 Å². The van der Waals surface area contributed by atoms with Gasteiger partial charge in [0, 0.05) is 30.7 Å². The number of pyridine rings is 1. The first-order chi connectivity index (χ1) is 9.35. The number of likely N-dealkylation sites (tertiary alicyclic amines) is 1. The number of rotatable bonds is 3. The van der Waals surface area contributed by atoms with Gasteiger partial charge in [-0.05, 0) is 37.6 Å². The van der Waals surface area contributed by atoms with E-state index in [0.29, 0.717) is 6.10 Å². The maximum absolute atomic E-state index is 6.09. The molecule has 0 unspecified atom stereocenters. The zero-order valence-corrected chi connectivity index (χ0v) is 11.4. The number of ether oxygens (including phenoxy) is 1. The Morgan fingerprint density at radius 3 is 2.89 bits per heavy atom. The molecule has 3 heteroatoms. The molecule has 0 amide bonds. The highest BCUT2D eigenvalue weighted by Crippen LogP contribution is 2.22. The Balaban J connectivity index is 1.68. The molecule has 0 saturated carbocycles. The first kappa shape index (κ1) is 12.4. The van der Waals surface area contributed by atoms with Gasteiger partial charge in [0.15, 0.2) is 0 Å². The van der Waals surface area contributed by atoms with Crippen LogP contribution < -0.4 is 4.74 Å². The van der Waals surface area contributed by atoms with E-state index in [-0.39, 0.29) is 0 Å². The Hall–Kier alpha value is -1.61. The first-order valence-corrected chi connectivity index (χ1v) is 7.09. The fraction of sp³-hybridized carbons (Fsp3) is 0.438. The van der Waals surface area contributed by atoms with Gasteiger partial charge in [-0.3, -0.25) is 4.98 Å². The minimum atomic E-state index is 0.351. The molecular formula is C16H20N2O. The second kappa shape index (κ2) is 5.57. The van der Waals surface area contributed by atoms with E-state index >= 15 is 0 Å². The molecule has 1 aliphatic heterocycles.